The van der Waals surface area contributed by atoms with Gasteiger partial charge in [0, 0.05) is 11.1 Å². The van der Waals surface area contributed by atoms with E-state index >= 15 is 0 Å². The van der Waals surface area contributed by atoms with E-state index in [1.807, 2.05) is 0 Å². The summed E-state index contributed by atoms with van der Waals surface area (Å²) in [6.07, 6.45) is 0. The van der Waals surface area contributed by atoms with Crippen LogP contribution in [0.2, 0.25) is 0 Å². The minimum atomic E-state index is -0.824. The summed E-state index contributed by atoms with van der Waals surface area (Å²) in [5.74, 6) is -2.29. The number of nitrogens with one attached hydrogen (secondary N) is 2. The summed E-state index contributed by atoms with van der Waals surface area (Å²) in [7, 11) is 1.50. The van der Waals surface area contributed by atoms with E-state index in [2.05, 4.69) is 10.6 Å². The number of carbonyl (C=O) groups is 4. The highest BCUT2D eigenvalue weighted by Crippen LogP contribution is 2.10. The van der Waals surface area contributed by atoms with Crippen molar-refractivity contribution in [2.75, 3.05) is 26.8 Å². The summed E-state index contributed by atoms with van der Waals surface area (Å²) in [4.78, 5) is 47.1. The van der Waals surface area contributed by atoms with Crippen molar-refractivity contribution in [3.8, 4) is 5.75 Å². The first-order chi connectivity index (χ1) is 13.9. The first kappa shape index (κ1) is 21.5. The molecule has 0 saturated heterocycles. The highest BCUT2D eigenvalue weighted by Gasteiger charge is 2.12. The number of amides is 2. The summed E-state index contributed by atoms with van der Waals surface area (Å²) in [5, 5.41) is 4.68. The van der Waals surface area contributed by atoms with Crippen molar-refractivity contribution in [3.05, 3.63) is 65.5 Å². The maximum atomic E-state index is 12.8. The molecular formula is C20H19FN2O6. The van der Waals surface area contributed by atoms with E-state index in [1.54, 1.807) is 24.3 Å². The third kappa shape index (κ3) is 7.06. The van der Waals surface area contributed by atoms with Gasteiger partial charge in [-0.25, -0.2) is 4.39 Å². The number of benzene rings is 2. The average molecular weight is 402 g/mol. The van der Waals surface area contributed by atoms with Crippen molar-refractivity contribution in [2.24, 2.45) is 0 Å². The Labute approximate surface area is 166 Å². The standard InChI is InChI=1S/C20H19FN2O6/c1-28-16-8-4-14(5-9-16)20(27)23-10-18(25)22-11-19(26)29-12-17(24)13-2-6-15(21)7-3-13/h2-9H,10-12H2,1H3,(H,22,25)(H,23,27). The lowest BCUT2D eigenvalue weighted by Crippen LogP contribution is -2.39. The number of hydrogen-bond acceptors (Lipinski definition) is 6. The molecule has 0 fully saturated rings. The quantitative estimate of drug-likeness (QED) is 0.480. The van der Waals surface area contributed by atoms with E-state index in [4.69, 9.17) is 9.47 Å². The van der Waals surface area contributed by atoms with Crippen molar-refractivity contribution >= 4 is 23.6 Å². The third-order valence-corrected chi connectivity index (χ3v) is 3.72. The molecule has 0 bridgehead atoms. The van der Waals surface area contributed by atoms with Crippen molar-refractivity contribution < 1.29 is 33.0 Å². The van der Waals surface area contributed by atoms with Crippen LogP contribution in [0.3, 0.4) is 0 Å². The molecule has 8 nitrogen and oxygen atoms in total. The second-order valence-corrected chi connectivity index (χ2v) is 5.78. The SMILES string of the molecule is COc1ccc(C(=O)NCC(=O)NCC(=O)OCC(=O)c2ccc(F)cc2)cc1. The minimum absolute atomic E-state index is 0.199. The lowest BCUT2D eigenvalue weighted by molar-refractivity contribution is -0.142. The fourth-order valence-electron chi connectivity index (χ4n) is 2.15. The molecule has 2 aromatic carbocycles. The van der Waals surface area contributed by atoms with Gasteiger partial charge in [-0.2, -0.15) is 0 Å². The second kappa shape index (κ2) is 10.5. The number of rotatable bonds is 9. The van der Waals surface area contributed by atoms with E-state index in [-0.39, 0.29) is 12.1 Å². The molecule has 9 heteroatoms. The largest absolute Gasteiger partial charge is 0.497 e. The number of halogens is 1. The number of carbonyl (C=O) groups excluding carboxylic acids is 4. The monoisotopic (exact) mass is 402 g/mol. The molecule has 0 unspecified atom stereocenters. The number of Topliss-reactive ketones (excluding diaryl/α,β-unsaturated/α-hetero) is 1. The van der Waals surface area contributed by atoms with Crippen LogP contribution < -0.4 is 15.4 Å². The van der Waals surface area contributed by atoms with Crippen LogP contribution in [0.15, 0.2) is 48.5 Å². The zero-order valence-corrected chi connectivity index (χ0v) is 15.6. The zero-order chi connectivity index (χ0) is 21.2. The van der Waals surface area contributed by atoms with Crippen LogP contribution in [0, 0.1) is 5.82 Å². The Bertz CT molecular complexity index is 881. The smallest absolute Gasteiger partial charge is 0.325 e. The molecule has 0 saturated carbocycles. The molecule has 0 radical (unpaired) electrons. The van der Waals surface area contributed by atoms with Gasteiger partial charge in [0.2, 0.25) is 5.91 Å². The van der Waals surface area contributed by atoms with Gasteiger partial charge in [-0.3, -0.25) is 19.2 Å². The van der Waals surface area contributed by atoms with Crippen molar-refractivity contribution in [1.82, 2.24) is 10.6 Å². The highest BCUT2D eigenvalue weighted by molar-refractivity contribution is 5.98. The first-order valence-electron chi connectivity index (χ1n) is 8.52. The first-order valence-corrected chi connectivity index (χ1v) is 8.52. The molecule has 0 spiro atoms. The van der Waals surface area contributed by atoms with Crippen LogP contribution in [0.1, 0.15) is 20.7 Å². The van der Waals surface area contributed by atoms with Crippen LogP contribution in [0.25, 0.3) is 0 Å². The van der Waals surface area contributed by atoms with Crippen molar-refractivity contribution in [2.45, 2.75) is 0 Å². The van der Waals surface area contributed by atoms with E-state index in [1.165, 1.54) is 19.2 Å². The molecule has 0 atom stereocenters. The highest BCUT2D eigenvalue weighted by atomic mass is 19.1. The Balaban J connectivity index is 1.67. The van der Waals surface area contributed by atoms with E-state index in [9.17, 15) is 23.6 Å². The fourth-order valence-corrected chi connectivity index (χ4v) is 2.15. The van der Waals surface area contributed by atoms with E-state index < -0.39 is 42.5 Å². The van der Waals surface area contributed by atoms with Crippen LogP contribution in [-0.2, 0) is 14.3 Å². The fraction of sp³-hybridized carbons (Fsp3) is 0.200. The van der Waals surface area contributed by atoms with Gasteiger partial charge >= 0.3 is 5.97 Å². The average Bonchev–Trinajstić information content (AvgIpc) is 2.74. The van der Waals surface area contributed by atoms with Crippen molar-refractivity contribution in [3.63, 3.8) is 0 Å². The lowest BCUT2D eigenvalue weighted by atomic mass is 10.1. The van der Waals surface area contributed by atoms with Crippen LogP contribution in [0.4, 0.5) is 4.39 Å². The number of esters is 1. The molecule has 2 aromatic rings. The van der Waals surface area contributed by atoms with E-state index in [0.717, 1.165) is 12.1 Å². The maximum Gasteiger partial charge on any atom is 0.325 e. The molecule has 152 valence electrons. The third-order valence-electron chi connectivity index (χ3n) is 3.72. The van der Waals surface area contributed by atoms with Gasteiger partial charge in [0.15, 0.2) is 12.4 Å². The molecule has 2 N–H and O–H groups in total. The predicted octanol–water partition coefficient (Wildman–Crippen LogP) is 1.11. The Kier molecular flexibility index (Phi) is 7.84. The summed E-state index contributed by atoms with van der Waals surface area (Å²) in [5.41, 5.74) is 0.543. The van der Waals surface area contributed by atoms with Crippen LogP contribution >= 0.6 is 0 Å². The number of ether oxygens (including phenoxy) is 2. The van der Waals surface area contributed by atoms with E-state index in [0.29, 0.717) is 11.3 Å². The summed E-state index contributed by atoms with van der Waals surface area (Å²) < 4.78 is 22.6. The zero-order valence-electron chi connectivity index (χ0n) is 15.6. The number of methoxy groups -OCH3 is 1. The normalized spacial score (nSPS) is 10.0. The number of ketones is 1. The molecule has 0 aliphatic carbocycles. The van der Waals surface area contributed by atoms with Gasteiger partial charge in [-0.05, 0) is 48.5 Å². The second-order valence-electron chi connectivity index (χ2n) is 5.78. The van der Waals surface area contributed by atoms with Gasteiger partial charge in [0.1, 0.15) is 18.1 Å². The molecule has 0 aliphatic heterocycles. The van der Waals surface area contributed by atoms with Crippen molar-refractivity contribution in [1.29, 1.82) is 0 Å². The van der Waals surface area contributed by atoms with Gasteiger partial charge in [0.05, 0.1) is 13.7 Å². The Morgan fingerprint density at radius 1 is 0.862 bits per heavy atom. The summed E-state index contributed by atoms with van der Waals surface area (Å²) in [6, 6.07) is 11.1. The van der Waals surface area contributed by atoms with Gasteiger partial charge in [-0.15, -0.1) is 0 Å². The molecule has 29 heavy (non-hydrogen) atoms. The molecule has 2 rings (SSSR count). The van der Waals surface area contributed by atoms with Crippen LogP contribution in [-0.4, -0.2) is 50.4 Å². The summed E-state index contributed by atoms with van der Waals surface area (Å²) >= 11 is 0. The molecule has 0 aliphatic rings. The topological polar surface area (TPSA) is 111 Å². The lowest BCUT2D eigenvalue weighted by Gasteiger charge is -2.08. The molecule has 0 heterocycles. The van der Waals surface area contributed by atoms with Crippen LogP contribution in [0.5, 0.6) is 5.75 Å². The minimum Gasteiger partial charge on any atom is -0.497 e. The van der Waals surface area contributed by atoms with Gasteiger partial charge in [-0.1, -0.05) is 0 Å². The maximum absolute atomic E-state index is 12.8. The Hall–Kier alpha value is -3.75. The predicted molar refractivity (Wildman–Crippen MR) is 100 cm³/mol. The van der Waals surface area contributed by atoms with Gasteiger partial charge in [0.25, 0.3) is 5.91 Å². The Morgan fingerprint density at radius 3 is 2.10 bits per heavy atom. The molecule has 2 amide bonds. The Morgan fingerprint density at radius 2 is 1.48 bits per heavy atom. The molecule has 0 aromatic heterocycles. The van der Waals surface area contributed by atoms with Gasteiger partial charge < -0.3 is 20.1 Å². The number of hydrogen-bond donors (Lipinski definition) is 2. The summed E-state index contributed by atoms with van der Waals surface area (Å²) in [6.45, 7) is -1.34. The molecular weight excluding hydrogens is 383 g/mol.